The average molecular weight is 464 g/mol. The van der Waals surface area contributed by atoms with Crippen molar-refractivity contribution in [3.05, 3.63) is 46.5 Å². The van der Waals surface area contributed by atoms with Crippen molar-refractivity contribution in [2.45, 2.75) is 64.0 Å². The Morgan fingerprint density at radius 3 is 2.75 bits per heavy atom. The fraction of sp³-hybridized carbons (Fsp3) is 0.583. The summed E-state index contributed by atoms with van der Waals surface area (Å²) >= 11 is 1.40. The third kappa shape index (κ3) is 6.72. The van der Waals surface area contributed by atoms with Gasteiger partial charge in [0.2, 0.25) is 5.91 Å². The van der Waals surface area contributed by atoms with E-state index in [1.807, 2.05) is 30.3 Å². The van der Waals surface area contributed by atoms with Crippen molar-refractivity contribution >= 4 is 17.2 Å². The first kappa shape index (κ1) is 23.1. The molecule has 1 N–H and O–H groups in total. The van der Waals surface area contributed by atoms with Gasteiger partial charge in [0, 0.05) is 24.0 Å². The first-order valence-electron chi connectivity index (χ1n) is 11.5. The van der Waals surface area contributed by atoms with Crippen LogP contribution in [0.3, 0.4) is 0 Å². The molecule has 174 valence electrons. The summed E-state index contributed by atoms with van der Waals surface area (Å²) < 4.78 is 29.8. The van der Waals surface area contributed by atoms with E-state index >= 15 is 0 Å². The van der Waals surface area contributed by atoms with Crippen molar-refractivity contribution in [1.82, 2.24) is 15.2 Å². The van der Waals surface area contributed by atoms with Crippen LogP contribution in [0.5, 0.6) is 5.19 Å². The zero-order valence-corrected chi connectivity index (χ0v) is 19.1. The number of carbonyl (C=O) groups is 1. The maximum atomic E-state index is 12.3. The molecule has 1 aliphatic carbocycles. The van der Waals surface area contributed by atoms with Crippen LogP contribution in [0.15, 0.2) is 30.3 Å². The summed E-state index contributed by atoms with van der Waals surface area (Å²) in [5.74, 6) is 0.808. The van der Waals surface area contributed by atoms with Gasteiger partial charge in [0.15, 0.2) is 6.61 Å². The molecule has 1 fully saturated rings. The lowest BCUT2D eigenvalue weighted by Gasteiger charge is -2.32. The summed E-state index contributed by atoms with van der Waals surface area (Å²) in [6.07, 6.45) is 4.43. The summed E-state index contributed by atoms with van der Waals surface area (Å²) in [5.41, 5.74) is 2.03. The fourth-order valence-electron chi connectivity index (χ4n) is 4.64. The molecular formula is C24H31F2N3O2S. The molecule has 2 aliphatic rings. The van der Waals surface area contributed by atoms with E-state index in [9.17, 15) is 13.6 Å². The van der Waals surface area contributed by atoms with Gasteiger partial charge in [-0.15, -0.1) is 0 Å². The normalized spacial score (nSPS) is 21.3. The van der Waals surface area contributed by atoms with E-state index in [1.54, 1.807) is 0 Å². The van der Waals surface area contributed by atoms with Crippen molar-refractivity contribution in [2.75, 3.05) is 19.7 Å². The third-order valence-electron chi connectivity index (χ3n) is 6.39. The molecule has 1 saturated carbocycles. The molecule has 2 aromatic rings. The standard InChI is InChI=1S/C24H31F2N3O2S/c25-22(26)16-31-24-28-20-15-29(13-11-21(20)32-24)12-10-17-6-8-19(9-7-17)27-23(30)14-18-4-2-1-3-5-18/h1-5,17,19,22H,6-16H2,(H,27,30)/t17-,19-. The van der Waals surface area contributed by atoms with E-state index in [0.717, 1.165) is 74.3 Å². The van der Waals surface area contributed by atoms with E-state index in [1.165, 1.54) is 11.3 Å². The number of fused-ring (bicyclic) bond motifs is 1. The number of thiazole rings is 1. The minimum Gasteiger partial charge on any atom is -0.464 e. The molecule has 2 heterocycles. The lowest BCUT2D eigenvalue weighted by molar-refractivity contribution is -0.121. The summed E-state index contributed by atoms with van der Waals surface area (Å²) in [5, 5.41) is 3.57. The molecule has 0 saturated heterocycles. The Kier molecular flexibility index (Phi) is 8.08. The van der Waals surface area contributed by atoms with Gasteiger partial charge in [-0.3, -0.25) is 9.69 Å². The number of hydrogen-bond donors (Lipinski definition) is 1. The van der Waals surface area contributed by atoms with Crippen molar-refractivity contribution in [3.63, 3.8) is 0 Å². The second-order valence-electron chi connectivity index (χ2n) is 8.81. The number of nitrogens with one attached hydrogen (secondary N) is 1. The highest BCUT2D eigenvalue weighted by atomic mass is 32.1. The number of rotatable bonds is 9. The Labute approximate surface area is 192 Å². The number of ether oxygens (including phenoxy) is 1. The van der Waals surface area contributed by atoms with Crippen LogP contribution in [-0.2, 0) is 24.2 Å². The van der Waals surface area contributed by atoms with Crippen molar-refractivity contribution in [2.24, 2.45) is 5.92 Å². The smallest absolute Gasteiger partial charge is 0.273 e. The van der Waals surface area contributed by atoms with Crippen molar-refractivity contribution in [1.29, 1.82) is 0 Å². The number of carbonyl (C=O) groups excluding carboxylic acids is 1. The predicted octanol–water partition coefficient (Wildman–Crippen LogP) is 4.45. The second-order valence-corrected chi connectivity index (χ2v) is 9.86. The van der Waals surface area contributed by atoms with Crippen LogP contribution in [0.25, 0.3) is 0 Å². The van der Waals surface area contributed by atoms with Crippen molar-refractivity contribution < 1.29 is 18.3 Å². The van der Waals surface area contributed by atoms with E-state index in [4.69, 9.17) is 4.74 Å². The molecule has 4 rings (SSSR count). The minimum absolute atomic E-state index is 0.115. The van der Waals surface area contributed by atoms with Gasteiger partial charge < -0.3 is 10.1 Å². The fourth-order valence-corrected chi connectivity index (χ4v) is 5.55. The second kappa shape index (κ2) is 11.2. The SMILES string of the molecule is O=C(Cc1ccccc1)N[C@H]1CC[C@H](CCN2CCc3sc(OCC(F)F)nc3C2)CC1. The zero-order chi connectivity index (χ0) is 22.3. The topological polar surface area (TPSA) is 54.5 Å². The van der Waals surface area contributed by atoms with Crippen LogP contribution in [0.4, 0.5) is 8.78 Å². The molecule has 1 aromatic carbocycles. The molecule has 0 unspecified atom stereocenters. The average Bonchev–Trinajstić information content (AvgIpc) is 3.20. The number of alkyl halides is 2. The van der Waals surface area contributed by atoms with Crippen LogP contribution in [-0.4, -0.2) is 48.0 Å². The van der Waals surface area contributed by atoms with Gasteiger partial charge in [-0.2, -0.15) is 0 Å². The van der Waals surface area contributed by atoms with Gasteiger partial charge in [0.05, 0.1) is 12.1 Å². The zero-order valence-electron chi connectivity index (χ0n) is 18.3. The Hall–Kier alpha value is -2.06. The molecule has 0 spiro atoms. The number of halogens is 2. The highest BCUT2D eigenvalue weighted by molar-refractivity contribution is 7.13. The lowest BCUT2D eigenvalue weighted by Crippen LogP contribution is -2.39. The van der Waals surface area contributed by atoms with Gasteiger partial charge >= 0.3 is 0 Å². The van der Waals surface area contributed by atoms with Gasteiger partial charge in [0.1, 0.15) is 0 Å². The van der Waals surface area contributed by atoms with Gasteiger partial charge in [-0.1, -0.05) is 41.7 Å². The number of nitrogens with zero attached hydrogens (tertiary/aromatic N) is 2. The summed E-state index contributed by atoms with van der Waals surface area (Å²) in [4.78, 5) is 20.3. The number of amides is 1. The summed E-state index contributed by atoms with van der Waals surface area (Å²) in [6, 6.07) is 10.2. The molecule has 1 aromatic heterocycles. The predicted molar refractivity (Wildman–Crippen MR) is 121 cm³/mol. The minimum atomic E-state index is -2.47. The van der Waals surface area contributed by atoms with Crippen LogP contribution >= 0.6 is 11.3 Å². The maximum absolute atomic E-state index is 12.3. The molecule has 5 nitrogen and oxygen atoms in total. The first-order chi connectivity index (χ1) is 15.5. The number of benzene rings is 1. The Morgan fingerprint density at radius 1 is 1.22 bits per heavy atom. The molecule has 1 aliphatic heterocycles. The Balaban J connectivity index is 1.14. The van der Waals surface area contributed by atoms with Gasteiger partial charge in [0.25, 0.3) is 11.6 Å². The Morgan fingerprint density at radius 2 is 2.00 bits per heavy atom. The molecular weight excluding hydrogens is 432 g/mol. The Bertz CT molecular complexity index is 869. The molecule has 1 amide bonds. The van der Waals surface area contributed by atoms with Crippen molar-refractivity contribution in [3.8, 4) is 5.19 Å². The van der Waals surface area contributed by atoms with E-state index in [2.05, 4.69) is 15.2 Å². The molecule has 0 atom stereocenters. The van der Waals surface area contributed by atoms with Crippen LogP contribution < -0.4 is 10.1 Å². The monoisotopic (exact) mass is 463 g/mol. The van der Waals surface area contributed by atoms with E-state index in [0.29, 0.717) is 23.6 Å². The quantitative estimate of drug-likeness (QED) is 0.597. The molecule has 8 heteroatoms. The molecule has 32 heavy (non-hydrogen) atoms. The van der Waals surface area contributed by atoms with E-state index in [-0.39, 0.29) is 5.91 Å². The summed E-state index contributed by atoms with van der Waals surface area (Å²) in [6.45, 7) is 2.19. The van der Waals surface area contributed by atoms with E-state index < -0.39 is 13.0 Å². The van der Waals surface area contributed by atoms with Gasteiger partial charge in [-0.05, 0) is 56.6 Å². The van der Waals surface area contributed by atoms with Crippen LogP contribution in [0.2, 0.25) is 0 Å². The lowest BCUT2D eigenvalue weighted by atomic mass is 9.84. The highest BCUT2D eigenvalue weighted by Gasteiger charge is 2.25. The third-order valence-corrected chi connectivity index (χ3v) is 7.46. The highest BCUT2D eigenvalue weighted by Crippen LogP contribution is 2.31. The number of hydrogen-bond acceptors (Lipinski definition) is 5. The summed E-state index contributed by atoms with van der Waals surface area (Å²) in [7, 11) is 0. The maximum Gasteiger partial charge on any atom is 0.273 e. The van der Waals surface area contributed by atoms with Crippen LogP contribution in [0.1, 0.15) is 48.2 Å². The van der Waals surface area contributed by atoms with Crippen LogP contribution in [0, 0.1) is 5.92 Å². The number of aromatic nitrogens is 1. The van der Waals surface area contributed by atoms with Gasteiger partial charge in [-0.25, -0.2) is 13.8 Å². The largest absolute Gasteiger partial charge is 0.464 e. The molecule has 0 bridgehead atoms. The molecule has 0 radical (unpaired) electrons. The first-order valence-corrected chi connectivity index (χ1v) is 12.3.